The minimum atomic E-state index is -0.406. The number of carbonyl (C=O) groups excluding carboxylic acids is 2. The molecule has 0 spiro atoms. The van der Waals surface area contributed by atoms with Gasteiger partial charge in [-0.15, -0.1) is 0 Å². The Morgan fingerprint density at radius 2 is 2.19 bits per heavy atom. The van der Waals surface area contributed by atoms with E-state index >= 15 is 0 Å². The number of phenols is 1. The molecule has 2 aliphatic rings. The van der Waals surface area contributed by atoms with Gasteiger partial charge in [0, 0.05) is 13.1 Å². The van der Waals surface area contributed by atoms with E-state index in [1.807, 2.05) is 0 Å². The van der Waals surface area contributed by atoms with E-state index in [0.29, 0.717) is 42.1 Å². The molecule has 7 heteroatoms. The topological polar surface area (TPSA) is 76.1 Å². The standard InChI is InChI=1S/C24H24FNO5/c1-2-30-24(29)16-6-4-10-26(13-16)14-19-20(27)9-8-18-22(28)21(31-23(18)19)12-15-5-3-7-17(25)11-15/h3,5,7-9,11-12,16,27H,2,4,6,10,13-14H2,1H3/b21-12-. The number of allylic oxidation sites excluding steroid dienone is 1. The lowest BCUT2D eigenvalue weighted by atomic mass is 9.97. The van der Waals surface area contributed by atoms with Crippen LogP contribution in [0.1, 0.15) is 41.3 Å². The van der Waals surface area contributed by atoms with Crippen LogP contribution in [0.3, 0.4) is 0 Å². The Bertz CT molecular complexity index is 1050. The zero-order valence-corrected chi connectivity index (χ0v) is 17.3. The van der Waals surface area contributed by atoms with Gasteiger partial charge in [0.15, 0.2) is 5.76 Å². The first kappa shape index (κ1) is 21.1. The van der Waals surface area contributed by atoms with E-state index in [1.165, 1.54) is 30.3 Å². The van der Waals surface area contributed by atoms with E-state index in [4.69, 9.17) is 9.47 Å². The molecule has 31 heavy (non-hydrogen) atoms. The highest BCUT2D eigenvalue weighted by Gasteiger charge is 2.33. The van der Waals surface area contributed by atoms with Crippen molar-refractivity contribution in [3.8, 4) is 11.5 Å². The van der Waals surface area contributed by atoms with Crippen molar-refractivity contribution in [2.24, 2.45) is 5.92 Å². The predicted octanol–water partition coefficient (Wildman–Crippen LogP) is 3.92. The molecule has 2 aromatic rings. The Morgan fingerprint density at radius 1 is 1.35 bits per heavy atom. The smallest absolute Gasteiger partial charge is 0.310 e. The average molecular weight is 425 g/mol. The normalized spacial score (nSPS) is 19.9. The summed E-state index contributed by atoms with van der Waals surface area (Å²) in [7, 11) is 0. The number of piperidine rings is 1. The summed E-state index contributed by atoms with van der Waals surface area (Å²) in [6.07, 6.45) is 3.09. The van der Waals surface area contributed by atoms with Crippen molar-refractivity contribution in [1.29, 1.82) is 0 Å². The molecule has 2 aliphatic heterocycles. The van der Waals surface area contributed by atoms with E-state index in [2.05, 4.69) is 4.90 Å². The number of aromatic hydroxyl groups is 1. The minimum Gasteiger partial charge on any atom is -0.507 e. The minimum absolute atomic E-state index is 0.0248. The molecule has 0 amide bonds. The van der Waals surface area contributed by atoms with Crippen molar-refractivity contribution < 1.29 is 28.6 Å². The van der Waals surface area contributed by atoms with E-state index in [9.17, 15) is 19.1 Å². The summed E-state index contributed by atoms with van der Waals surface area (Å²) in [4.78, 5) is 27.0. The Hall–Kier alpha value is -3.19. The van der Waals surface area contributed by atoms with E-state index in [-0.39, 0.29) is 29.2 Å². The molecule has 6 nitrogen and oxygen atoms in total. The fourth-order valence-electron chi connectivity index (χ4n) is 4.07. The van der Waals surface area contributed by atoms with Gasteiger partial charge in [0.05, 0.1) is 23.7 Å². The van der Waals surface area contributed by atoms with Crippen LogP contribution in [0.4, 0.5) is 4.39 Å². The number of Topliss-reactive ketones (excluding diaryl/α,β-unsaturated/α-hetero) is 1. The number of benzene rings is 2. The molecule has 0 radical (unpaired) electrons. The fraction of sp³-hybridized carbons (Fsp3) is 0.333. The molecular weight excluding hydrogens is 401 g/mol. The number of likely N-dealkylation sites (tertiary alicyclic amines) is 1. The Balaban J connectivity index is 1.57. The third-order valence-electron chi connectivity index (χ3n) is 5.57. The quantitative estimate of drug-likeness (QED) is 0.578. The van der Waals surface area contributed by atoms with Crippen LogP contribution in [0, 0.1) is 11.7 Å². The van der Waals surface area contributed by atoms with Crippen LogP contribution in [0.5, 0.6) is 11.5 Å². The molecule has 1 saturated heterocycles. The van der Waals surface area contributed by atoms with Gasteiger partial charge in [-0.2, -0.15) is 0 Å². The van der Waals surface area contributed by atoms with Crippen molar-refractivity contribution in [2.75, 3.05) is 19.7 Å². The van der Waals surface area contributed by atoms with Gasteiger partial charge in [-0.3, -0.25) is 14.5 Å². The highest BCUT2D eigenvalue weighted by Crippen LogP contribution is 2.40. The van der Waals surface area contributed by atoms with Gasteiger partial charge in [-0.05, 0) is 62.2 Å². The van der Waals surface area contributed by atoms with Gasteiger partial charge in [-0.25, -0.2) is 4.39 Å². The molecule has 0 aliphatic carbocycles. The maximum absolute atomic E-state index is 13.5. The summed E-state index contributed by atoms with van der Waals surface area (Å²) in [6.45, 7) is 3.75. The Labute approximate surface area is 179 Å². The monoisotopic (exact) mass is 425 g/mol. The second kappa shape index (κ2) is 8.89. The van der Waals surface area contributed by atoms with Crippen LogP contribution in [0.15, 0.2) is 42.2 Å². The SMILES string of the molecule is CCOC(=O)C1CCCN(Cc2c(O)ccc3c2O/C(=C\c2cccc(F)c2)C3=O)C1. The first-order valence-corrected chi connectivity index (χ1v) is 10.4. The third kappa shape index (κ3) is 4.46. The van der Waals surface area contributed by atoms with Gasteiger partial charge < -0.3 is 14.6 Å². The number of rotatable bonds is 5. The number of halogens is 1. The van der Waals surface area contributed by atoms with Gasteiger partial charge in [0.1, 0.15) is 17.3 Å². The van der Waals surface area contributed by atoms with Crippen LogP contribution in [-0.2, 0) is 16.1 Å². The summed E-state index contributed by atoms with van der Waals surface area (Å²) in [5.74, 6) is -0.723. The molecule has 2 heterocycles. The first-order chi connectivity index (χ1) is 15.0. The van der Waals surface area contributed by atoms with Gasteiger partial charge in [-0.1, -0.05) is 12.1 Å². The lowest BCUT2D eigenvalue weighted by Gasteiger charge is -2.31. The zero-order valence-electron chi connectivity index (χ0n) is 17.3. The molecule has 0 saturated carbocycles. The molecular formula is C24H24FNO5. The van der Waals surface area contributed by atoms with Crippen LogP contribution in [0.2, 0.25) is 0 Å². The van der Waals surface area contributed by atoms with E-state index < -0.39 is 5.82 Å². The van der Waals surface area contributed by atoms with E-state index in [0.717, 1.165) is 19.4 Å². The number of esters is 1. The second-order valence-electron chi connectivity index (χ2n) is 7.76. The predicted molar refractivity (Wildman–Crippen MR) is 112 cm³/mol. The van der Waals surface area contributed by atoms with Gasteiger partial charge >= 0.3 is 5.97 Å². The lowest BCUT2D eigenvalue weighted by Crippen LogP contribution is -2.39. The molecule has 4 rings (SSSR count). The summed E-state index contributed by atoms with van der Waals surface area (Å²) in [6, 6.07) is 8.88. The van der Waals surface area contributed by atoms with Crippen molar-refractivity contribution in [1.82, 2.24) is 4.90 Å². The number of fused-ring (bicyclic) bond motifs is 1. The zero-order chi connectivity index (χ0) is 22.0. The van der Waals surface area contributed by atoms with Gasteiger partial charge in [0.25, 0.3) is 0 Å². The number of phenolic OH excluding ortho intramolecular Hbond substituents is 1. The Kier molecular flexibility index (Phi) is 6.04. The summed E-state index contributed by atoms with van der Waals surface area (Å²) >= 11 is 0. The number of carbonyl (C=O) groups is 2. The number of nitrogens with zero attached hydrogens (tertiary/aromatic N) is 1. The molecule has 2 aromatic carbocycles. The molecule has 1 fully saturated rings. The van der Waals surface area contributed by atoms with Crippen LogP contribution in [-0.4, -0.2) is 41.5 Å². The average Bonchev–Trinajstić information content (AvgIpc) is 3.06. The van der Waals surface area contributed by atoms with Crippen molar-refractivity contribution >= 4 is 17.8 Å². The third-order valence-corrected chi connectivity index (χ3v) is 5.57. The number of hydrogen-bond donors (Lipinski definition) is 1. The number of hydrogen-bond acceptors (Lipinski definition) is 6. The highest BCUT2D eigenvalue weighted by molar-refractivity contribution is 6.15. The van der Waals surface area contributed by atoms with Crippen LogP contribution < -0.4 is 4.74 Å². The summed E-state index contributed by atoms with van der Waals surface area (Å²) in [5, 5.41) is 10.5. The maximum Gasteiger partial charge on any atom is 0.310 e. The summed E-state index contributed by atoms with van der Waals surface area (Å²) in [5.41, 5.74) is 1.36. The van der Waals surface area contributed by atoms with Crippen molar-refractivity contribution in [3.63, 3.8) is 0 Å². The molecule has 0 aromatic heterocycles. The van der Waals surface area contributed by atoms with Crippen LogP contribution >= 0.6 is 0 Å². The second-order valence-corrected chi connectivity index (χ2v) is 7.76. The molecule has 1 atom stereocenters. The summed E-state index contributed by atoms with van der Waals surface area (Å²) < 4.78 is 24.5. The van der Waals surface area contributed by atoms with Crippen molar-refractivity contribution in [3.05, 3.63) is 64.7 Å². The first-order valence-electron chi connectivity index (χ1n) is 10.4. The molecule has 162 valence electrons. The lowest BCUT2D eigenvalue weighted by molar-refractivity contribution is -0.150. The molecule has 1 unspecified atom stereocenters. The largest absolute Gasteiger partial charge is 0.507 e. The number of ether oxygens (including phenoxy) is 2. The Morgan fingerprint density at radius 3 is 2.97 bits per heavy atom. The molecule has 1 N–H and O–H groups in total. The highest BCUT2D eigenvalue weighted by atomic mass is 19.1. The molecule has 0 bridgehead atoms. The number of ketones is 1. The maximum atomic E-state index is 13.5. The van der Waals surface area contributed by atoms with Crippen molar-refractivity contribution in [2.45, 2.75) is 26.3 Å². The van der Waals surface area contributed by atoms with Crippen LogP contribution in [0.25, 0.3) is 6.08 Å². The fourth-order valence-corrected chi connectivity index (χ4v) is 4.07. The van der Waals surface area contributed by atoms with Gasteiger partial charge in [0.2, 0.25) is 5.78 Å². The van der Waals surface area contributed by atoms with E-state index in [1.54, 1.807) is 19.1 Å².